The fraction of sp³-hybridized carbons (Fsp3) is 0.368. The molecule has 1 aromatic carbocycles. The Morgan fingerprint density at radius 3 is 2.32 bits per heavy atom. The van der Waals surface area contributed by atoms with Crippen LogP contribution >= 0.6 is 0 Å². The number of ether oxygens (including phenoxy) is 1. The van der Waals surface area contributed by atoms with Crippen molar-refractivity contribution < 1.29 is 45.1 Å². The van der Waals surface area contributed by atoms with Crippen molar-refractivity contribution in [2.24, 2.45) is 5.73 Å². The molecule has 3 rings (SSSR count). The van der Waals surface area contributed by atoms with E-state index in [4.69, 9.17) is 5.73 Å². The molecule has 0 bridgehead atoms. The molecule has 0 spiro atoms. The molecule has 0 atom stereocenters. The van der Waals surface area contributed by atoms with Gasteiger partial charge in [-0.2, -0.15) is 13.2 Å². The molecule has 1 aliphatic carbocycles. The van der Waals surface area contributed by atoms with Gasteiger partial charge in [0.05, 0.1) is 0 Å². The van der Waals surface area contributed by atoms with E-state index in [2.05, 4.69) is 4.74 Å². The van der Waals surface area contributed by atoms with Gasteiger partial charge in [-0.3, -0.25) is 4.79 Å². The van der Waals surface area contributed by atoms with Crippen LogP contribution in [0, 0.1) is 5.82 Å². The van der Waals surface area contributed by atoms with Gasteiger partial charge in [0.2, 0.25) is 5.91 Å². The molecule has 2 aliphatic rings. The van der Waals surface area contributed by atoms with E-state index >= 15 is 0 Å². The number of nitrogens with two attached hydrogens (primary N) is 1. The minimum absolute atomic E-state index is 0.00193. The molecule has 2 amide bonds. The Kier molecular flexibility index (Phi) is 5.53. The predicted molar refractivity (Wildman–Crippen MR) is 94.0 cm³/mol. The summed E-state index contributed by atoms with van der Waals surface area (Å²) in [6.07, 6.45) is -11.0. The quantitative estimate of drug-likeness (QED) is 0.669. The second kappa shape index (κ2) is 7.57. The lowest BCUT2D eigenvalue weighted by Crippen LogP contribution is -2.38. The monoisotopic (exact) mass is 452 g/mol. The Hall–Kier alpha value is -3.05. The molecule has 1 heterocycles. The van der Waals surface area contributed by atoms with Crippen LogP contribution in [0.5, 0.6) is 0 Å². The third kappa shape index (κ3) is 4.37. The summed E-state index contributed by atoms with van der Waals surface area (Å²) in [4.78, 5) is 24.1. The number of hydrogen-bond acceptors (Lipinski definition) is 3. The maximum absolute atomic E-state index is 15.0. The lowest BCUT2D eigenvalue weighted by Gasteiger charge is -2.28. The highest BCUT2D eigenvalue weighted by molar-refractivity contribution is 5.99. The Balaban J connectivity index is 2.10. The maximum atomic E-state index is 15.0. The Morgan fingerprint density at radius 2 is 1.77 bits per heavy atom. The lowest BCUT2D eigenvalue weighted by molar-refractivity contribution is -0.294. The zero-order chi connectivity index (χ0) is 23.3. The van der Waals surface area contributed by atoms with Crippen molar-refractivity contribution in [3.05, 3.63) is 45.8 Å². The van der Waals surface area contributed by atoms with E-state index in [-0.39, 0.29) is 40.8 Å². The van der Waals surface area contributed by atoms with Crippen molar-refractivity contribution >= 4 is 23.1 Å². The summed E-state index contributed by atoms with van der Waals surface area (Å²) in [7, 11) is 0. The van der Waals surface area contributed by atoms with Gasteiger partial charge in [0.15, 0.2) is 0 Å². The molecule has 31 heavy (non-hydrogen) atoms. The average molecular weight is 452 g/mol. The summed E-state index contributed by atoms with van der Waals surface area (Å²) in [5.74, 6) is -2.20. The summed E-state index contributed by atoms with van der Waals surface area (Å²) in [5.41, 5.74) is 2.85. The van der Waals surface area contributed by atoms with Crippen LogP contribution in [0.15, 0.2) is 17.7 Å². The van der Waals surface area contributed by atoms with Crippen LogP contribution in [-0.2, 0) is 11.2 Å². The van der Waals surface area contributed by atoms with Crippen LogP contribution in [0.1, 0.15) is 40.4 Å². The Bertz CT molecular complexity index is 1020. The smallest absolute Gasteiger partial charge is 0.366 e. The number of allylic oxidation sites excluding steroid dienone is 2. The van der Waals surface area contributed by atoms with Crippen LogP contribution in [0.25, 0.3) is 11.1 Å². The number of carbonyl (C=O) groups is 2. The first kappa shape index (κ1) is 22.6. The summed E-state index contributed by atoms with van der Waals surface area (Å²) < 4.78 is 95.7. The normalized spacial score (nSPS) is 16.9. The van der Waals surface area contributed by atoms with Gasteiger partial charge >= 0.3 is 18.6 Å². The molecule has 0 aromatic heterocycles. The van der Waals surface area contributed by atoms with E-state index in [9.17, 15) is 40.3 Å². The number of rotatable bonds is 2. The summed E-state index contributed by atoms with van der Waals surface area (Å²) >= 11 is 0. The van der Waals surface area contributed by atoms with Gasteiger partial charge in [-0.05, 0) is 41.7 Å². The van der Waals surface area contributed by atoms with Crippen LogP contribution in [-0.4, -0.2) is 42.5 Å². The van der Waals surface area contributed by atoms with Crippen molar-refractivity contribution in [1.82, 2.24) is 4.90 Å². The first-order chi connectivity index (χ1) is 14.2. The molecule has 12 heteroatoms. The van der Waals surface area contributed by atoms with Crippen molar-refractivity contribution in [3.8, 4) is 0 Å². The number of primary amides is 1. The van der Waals surface area contributed by atoms with E-state index in [1.807, 2.05) is 0 Å². The van der Waals surface area contributed by atoms with E-state index < -0.39 is 54.5 Å². The molecule has 1 aromatic rings. The molecular formula is C19H15F7N2O3. The van der Waals surface area contributed by atoms with Gasteiger partial charge in [0.25, 0.3) is 0 Å². The van der Waals surface area contributed by atoms with Crippen LogP contribution < -0.4 is 5.73 Å². The van der Waals surface area contributed by atoms with E-state index in [1.54, 1.807) is 0 Å². The summed E-state index contributed by atoms with van der Waals surface area (Å²) in [6.45, 7) is 0.425. The number of benzene rings is 1. The van der Waals surface area contributed by atoms with E-state index in [1.165, 1.54) is 6.08 Å². The number of fused-ring (bicyclic) bond motifs is 1. The second-order valence-electron chi connectivity index (χ2n) is 7.03. The highest BCUT2D eigenvalue weighted by atomic mass is 19.4. The van der Waals surface area contributed by atoms with Gasteiger partial charge in [0.1, 0.15) is 5.82 Å². The number of hydrogen-bond donors (Lipinski definition) is 1. The average Bonchev–Trinajstić information content (AvgIpc) is 2.97. The molecule has 1 aliphatic heterocycles. The minimum atomic E-state index is -5.23. The summed E-state index contributed by atoms with van der Waals surface area (Å²) in [6, 6.07) is 0.705. The van der Waals surface area contributed by atoms with Crippen LogP contribution in [0.3, 0.4) is 0 Å². The predicted octanol–water partition coefficient (Wildman–Crippen LogP) is 4.56. The Morgan fingerprint density at radius 1 is 1.13 bits per heavy atom. The van der Waals surface area contributed by atoms with E-state index in [0.29, 0.717) is 11.0 Å². The molecular weight excluding hydrogens is 437 g/mol. The number of amides is 2. The molecule has 0 fully saturated rings. The Labute approximate surface area is 170 Å². The minimum Gasteiger partial charge on any atom is -0.366 e. The topological polar surface area (TPSA) is 72.6 Å². The summed E-state index contributed by atoms with van der Waals surface area (Å²) in [5, 5.41) is 0. The first-order valence-corrected chi connectivity index (χ1v) is 8.87. The molecule has 0 unspecified atom stereocenters. The molecule has 168 valence electrons. The molecule has 5 nitrogen and oxygen atoms in total. The highest BCUT2D eigenvalue weighted by Gasteiger charge is 2.42. The van der Waals surface area contributed by atoms with Gasteiger partial charge in [0, 0.05) is 36.2 Å². The number of nitrogens with zero attached hydrogens (tertiary/aromatic N) is 1. The van der Waals surface area contributed by atoms with Gasteiger partial charge in [-0.15, -0.1) is 13.2 Å². The molecule has 2 N–H and O–H groups in total. The molecule has 0 saturated heterocycles. The third-order valence-corrected chi connectivity index (χ3v) is 5.11. The number of carbonyl (C=O) groups excluding carboxylic acids is 2. The van der Waals surface area contributed by atoms with Crippen molar-refractivity contribution in [1.29, 1.82) is 0 Å². The van der Waals surface area contributed by atoms with Crippen LogP contribution in [0.2, 0.25) is 0 Å². The third-order valence-electron chi connectivity index (χ3n) is 5.11. The second-order valence-corrected chi connectivity index (χ2v) is 7.03. The largest absolute Gasteiger partial charge is 0.576 e. The zero-order valence-corrected chi connectivity index (χ0v) is 15.9. The zero-order valence-electron chi connectivity index (χ0n) is 15.9. The number of alkyl halides is 6. The fourth-order valence-electron chi connectivity index (χ4n) is 3.84. The van der Waals surface area contributed by atoms with Crippen molar-refractivity contribution in [2.75, 3.05) is 13.1 Å². The van der Waals surface area contributed by atoms with Gasteiger partial charge < -0.3 is 15.4 Å². The molecule has 0 saturated carbocycles. The SMILES string of the molecule is CC1=C(C(F)(F)F)Cc2c(C(N)=O)cc(F)c(C3=CCCN(C(=O)OC(F)(F)F)C3)c21. The maximum Gasteiger partial charge on any atom is 0.576 e. The van der Waals surface area contributed by atoms with E-state index in [0.717, 1.165) is 6.92 Å². The first-order valence-electron chi connectivity index (χ1n) is 8.87. The van der Waals surface area contributed by atoms with Crippen molar-refractivity contribution in [3.63, 3.8) is 0 Å². The highest BCUT2D eigenvalue weighted by Crippen LogP contribution is 2.46. The fourth-order valence-corrected chi connectivity index (χ4v) is 3.84. The van der Waals surface area contributed by atoms with Crippen LogP contribution in [0.4, 0.5) is 35.5 Å². The molecule has 0 radical (unpaired) electrons. The lowest BCUT2D eigenvalue weighted by atomic mass is 9.88. The van der Waals surface area contributed by atoms with Gasteiger partial charge in [-0.1, -0.05) is 6.08 Å². The van der Waals surface area contributed by atoms with Gasteiger partial charge in [-0.25, -0.2) is 9.18 Å². The number of halogens is 7. The standard InChI is InChI=1S/C19H15F7N2O3/c1-8-12(18(21,22)23)5-10-11(16(27)29)6-13(20)15(14(8)10)9-3-2-4-28(7-9)17(30)31-19(24,25)26/h3,6H,2,4-5,7H2,1H3,(H2,27,29). The van der Waals surface area contributed by atoms with Crippen molar-refractivity contribution in [2.45, 2.75) is 32.3 Å².